The third kappa shape index (κ3) is 2.03. The summed E-state index contributed by atoms with van der Waals surface area (Å²) in [5.41, 5.74) is 1.51. The van der Waals surface area contributed by atoms with Gasteiger partial charge in [0.25, 0.3) is 0 Å². The summed E-state index contributed by atoms with van der Waals surface area (Å²) in [7, 11) is 0. The highest BCUT2D eigenvalue weighted by atomic mass is 32.1. The summed E-state index contributed by atoms with van der Waals surface area (Å²) in [6, 6.07) is 0. The Morgan fingerprint density at radius 3 is 2.90 bits per heavy atom. The highest BCUT2D eigenvalue weighted by Crippen LogP contribution is 2.10. The monoisotopic (exact) mass is 157 g/mol. The fourth-order valence-corrected chi connectivity index (χ4v) is 1.47. The summed E-state index contributed by atoms with van der Waals surface area (Å²) in [6.07, 6.45) is 3.53. The lowest BCUT2D eigenvalue weighted by molar-refractivity contribution is 0.310. The second kappa shape index (κ2) is 4.04. The molecule has 0 spiro atoms. The molecule has 0 N–H and O–H groups in total. The van der Waals surface area contributed by atoms with Crippen LogP contribution in [0.1, 0.15) is 13.3 Å². The molecule has 10 heavy (non-hydrogen) atoms. The van der Waals surface area contributed by atoms with E-state index >= 15 is 0 Å². The minimum atomic E-state index is 0.942. The third-order valence-electron chi connectivity index (χ3n) is 2.04. The Kier molecular flexibility index (Phi) is 3.29. The van der Waals surface area contributed by atoms with Gasteiger partial charge in [-0.2, -0.15) is 12.6 Å². The van der Waals surface area contributed by atoms with Crippen molar-refractivity contribution in [3.8, 4) is 0 Å². The van der Waals surface area contributed by atoms with Crippen LogP contribution in [0, 0.1) is 0 Å². The molecule has 0 aliphatic carbocycles. The van der Waals surface area contributed by atoms with Crippen LogP contribution < -0.4 is 0 Å². The SMILES string of the molecule is CCN1CC=C(CS)CC1. The molecule has 2 heteroatoms. The zero-order valence-corrected chi connectivity index (χ0v) is 7.40. The first-order valence-electron chi connectivity index (χ1n) is 3.88. The van der Waals surface area contributed by atoms with Crippen LogP contribution in [0.5, 0.6) is 0 Å². The average molecular weight is 157 g/mol. The summed E-state index contributed by atoms with van der Waals surface area (Å²) in [4.78, 5) is 2.44. The lowest BCUT2D eigenvalue weighted by Gasteiger charge is -2.23. The first kappa shape index (κ1) is 8.15. The van der Waals surface area contributed by atoms with E-state index in [0.29, 0.717) is 0 Å². The van der Waals surface area contributed by atoms with Gasteiger partial charge in [0.2, 0.25) is 0 Å². The Morgan fingerprint density at radius 1 is 1.70 bits per heavy atom. The quantitative estimate of drug-likeness (QED) is 0.470. The number of likely N-dealkylation sites (N-methyl/N-ethyl adjacent to an activating group) is 1. The van der Waals surface area contributed by atoms with Crippen molar-refractivity contribution < 1.29 is 0 Å². The van der Waals surface area contributed by atoms with E-state index in [1.165, 1.54) is 25.1 Å². The van der Waals surface area contributed by atoms with Gasteiger partial charge in [0.1, 0.15) is 0 Å². The van der Waals surface area contributed by atoms with Gasteiger partial charge in [-0.05, 0) is 13.0 Å². The predicted molar refractivity (Wildman–Crippen MR) is 48.7 cm³/mol. The molecule has 0 fully saturated rings. The molecule has 0 unspecified atom stereocenters. The summed E-state index contributed by atoms with van der Waals surface area (Å²) >= 11 is 4.24. The van der Waals surface area contributed by atoms with Crippen molar-refractivity contribution in [2.45, 2.75) is 13.3 Å². The first-order valence-corrected chi connectivity index (χ1v) is 4.51. The van der Waals surface area contributed by atoms with Crippen molar-refractivity contribution in [1.29, 1.82) is 0 Å². The molecule has 0 amide bonds. The predicted octanol–water partition coefficient (Wildman–Crippen LogP) is 1.57. The number of hydrogen-bond acceptors (Lipinski definition) is 2. The minimum Gasteiger partial charge on any atom is -0.300 e. The van der Waals surface area contributed by atoms with Crippen LogP contribution in [-0.4, -0.2) is 30.3 Å². The Balaban J connectivity index is 2.36. The smallest absolute Gasteiger partial charge is 0.0166 e. The molecule has 0 radical (unpaired) electrons. The van der Waals surface area contributed by atoms with E-state index in [0.717, 1.165) is 12.3 Å². The molecule has 0 saturated heterocycles. The molecule has 0 bridgehead atoms. The molecule has 0 aromatic carbocycles. The fourth-order valence-electron chi connectivity index (χ4n) is 1.18. The maximum Gasteiger partial charge on any atom is 0.0166 e. The van der Waals surface area contributed by atoms with Gasteiger partial charge in [-0.3, -0.25) is 4.90 Å². The van der Waals surface area contributed by atoms with Gasteiger partial charge in [-0.15, -0.1) is 0 Å². The molecule has 1 aliphatic rings. The van der Waals surface area contributed by atoms with Gasteiger partial charge < -0.3 is 0 Å². The highest BCUT2D eigenvalue weighted by Gasteiger charge is 2.07. The average Bonchev–Trinajstić information content (AvgIpc) is 2.05. The van der Waals surface area contributed by atoms with Crippen LogP contribution in [0.3, 0.4) is 0 Å². The third-order valence-corrected chi connectivity index (χ3v) is 2.44. The Morgan fingerprint density at radius 2 is 2.50 bits per heavy atom. The number of thiol groups is 1. The summed E-state index contributed by atoms with van der Waals surface area (Å²) in [5.74, 6) is 0.942. The molecule has 0 aromatic heterocycles. The van der Waals surface area contributed by atoms with Gasteiger partial charge in [0.05, 0.1) is 0 Å². The normalized spacial score (nSPS) is 20.8. The van der Waals surface area contributed by atoms with Crippen molar-refractivity contribution in [1.82, 2.24) is 4.90 Å². The van der Waals surface area contributed by atoms with Crippen LogP contribution in [0.15, 0.2) is 11.6 Å². The molecule has 1 aliphatic heterocycles. The summed E-state index contributed by atoms with van der Waals surface area (Å²) < 4.78 is 0. The fraction of sp³-hybridized carbons (Fsp3) is 0.750. The Labute approximate surface area is 68.5 Å². The van der Waals surface area contributed by atoms with Crippen LogP contribution >= 0.6 is 12.6 Å². The standard InChI is InChI=1S/C8H15NS/c1-2-9-5-3-8(7-10)4-6-9/h3,10H,2,4-7H2,1H3. The first-order chi connectivity index (χ1) is 4.86. The van der Waals surface area contributed by atoms with E-state index in [2.05, 4.69) is 30.5 Å². The number of nitrogens with zero attached hydrogens (tertiary/aromatic N) is 1. The molecule has 1 rings (SSSR count). The van der Waals surface area contributed by atoms with Crippen molar-refractivity contribution in [3.63, 3.8) is 0 Å². The molecule has 1 heterocycles. The number of hydrogen-bond donors (Lipinski definition) is 1. The second-order valence-corrected chi connectivity index (χ2v) is 2.98. The molecule has 58 valence electrons. The summed E-state index contributed by atoms with van der Waals surface area (Å²) in [6.45, 7) is 5.74. The molecule has 1 nitrogen and oxygen atoms in total. The van der Waals surface area contributed by atoms with E-state index in [1.54, 1.807) is 0 Å². The van der Waals surface area contributed by atoms with E-state index in [9.17, 15) is 0 Å². The van der Waals surface area contributed by atoms with Crippen LogP contribution in [-0.2, 0) is 0 Å². The number of rotatable bonds is 2. The Bertz CT molecular complexity index is 131. The largest absolute Gasteiger partial charge is 0.300 e. The van der Waals surface area contributed by atoms with Gasteiger partial charge in [-0.1, -0.05) is 18.6 Å². The molecule has 0 atom stereocenters. The topological polar surface area (TPSA) is 3.24 Å². The Hall–Kier alpha value is 0.0500. The second-order valence-electron chi connectivity index (χ2n) is 2.66. The maximum atomic E-state index is 4.24. The van der Waals surface area contributed by atoms with Crippen LogP contribution in [0.4, 0.5) is 0 Å². The van der Waals surface area contributed by atoms with E-state index in [1.807, 2.05) is 0 Å². The van der Waals surface area contributed by atoms with Crippen LogP contribution in [0.25, 0.3) is 0 Å². The van der Waals surface area contributed by atoms with Gasteiger partial charge in [0.15, 0.2) is 0 Å². The molecular weight excluding hydrogens is 142 g/mol. The van der Waals surface area contributed by atoms with E-state index in [-0.39, 0.29) is 0 Å². The maximum absolute atomic E-state index is 4.24. The van der Waals surface area contributed by atoms with Crippen molar-refractivity contribution >= 4 is 12.6 Å². The van der Waals surface area contributed by atoms with E-state index in [4.69, 9.17) is 0 Å². The minimum absolute atomic E-state index is 0.942. The molecular formula is C8H15NS. The molecule has 0 aromatic rings. The van der Waals surface area contributed by atoms with Crippen molar-refractivity contribution in [3.05, 3.63) is 11.6 Å². The van der Waals surface area contributed by atoms with Crippen molar-refractivity contribution in [2.24, 2.45) is 0 Å². The van der Waals surface area contributed by atoms with E-state index < -0.39 is 0 Å². The van der Waals surface area contributed by atoms with Gasteiger partial charge >= 0.3 is 0 Å². The zero-order valence-electron chi connectivity index (χ0n) is 6.51. The lowest BCUT2D eigenvalue weighted by atomic mass is 10.1. The summed E-state index contributed by atoms with van der Waals surface area (Å²) in [5, 5.41) is 0. The van der Waals surface area contributed by atoms with Crippen LogP contribution in [0.2, 0.25) is 0 Å². The molecule has 0 saturated carbocycles. The lowest BCUT2D eigenvalue weighted by Crippen LogP contribution is -2.28. The highest BCUT2D eigenvalue weighted by molar-refractivity contribution is 7.80. The van der Waals surface area contributed by atoms with Crippen molar-refractivity contribution in [2.75, 3.05) is 25.4 Å². The zero-order chi connectivity index (χ0) is 7.40. The van der Waals surface area contributed by atoms with Gasteiger partial charge in [-0.25, -0.2) is 0 Å². The van der Waals surface area contributed by atoms with Gasteiger partial charge in [0, 0.05) is 18.8 Å².